The van der Waals surface area contributed by atoms with E-state index in [2.05, 4.69) is 26.8 Å². The van der Waals surface area contributed by atoms with E-state index in [-0.39, 0.29) is 57.7 Å². The molecule has 5 aliphatic rings. The van der Waals surface area contributed by atoms with Crippen LogP contribution in [0, 0.1) is 62.1 Å². The first-order valence-corrected chi connectivity index (χ1v) is 14.8. The van der Waals surface area contributed by atoms with E-state index in [1.54, 1.807) is 33.2 Å². The summed E-state index contributed by atoms with van der Waals surface area (Å²) in [6.07, 6.45) is 8.85. The van der Waals surface area contributed by atoms with Gasteiger partial charge in [0.05, 0.1) is 18.1 Å². The molecule has 5 rings (SSSR count). The van der Waals surface area contributed by atoms with Gasteiger partial charge in [0.1, 0.15) is 11.5 Å². The van der Waals surface area contributed by atoms with E-state index in [0.29, 0.717) is 12.8 Å². The summed E-state index contributed by atoms with van der Waals surface area (Å²) >= 11 is 0. The molecule has 0 heterocycles. The van der Waals surface area contributed by atoms with Crippen LogP contribution in [0.3, 0.4) is 0 Å². The van der Waals surface area contributed by atoms with Crippen molar-refractivity contribution in [2.45, 2.75) is 79.6 Å². The topological polar surface area (TPSA) is 105 Å². The van der Waals surface area contributed by atoms with Crippen LogP contribution in [-0.4, -0.2) is 49.5 Å². The summed E-state index contributed by atoms with van der Waals surface area (Å²) in [5.74, 6) is -1.56. The zero-order valence-electron chi connectivity index (χ0n) is 25.3. The van der Waals surface area contributed by atoms with Crippen molar-refractivity contribution >= 4 is 23.4 Å². The third-order valence-corrected chi connectivity index (χ3v) is 12.2. The number of esters is 1. The Morgan fingerprint density at radius 1 is 1.00 bits per heavy atom. The highest BCUT2D eigenvalue weighted by Crippen LogP contribution is 2.70. The molecule has 0 radical (unpaired) electrons. The number of hydrogen-bond donors (Lipinski definition) is 0. The Hall–Kier alpha value is -2.75. The van der Waals surface area contributed by atoms with Gasteiger partial charge in [-0.25, -0.2) is 0 Å². The van der Waals surface area contributed by atoms with Gasteiger partial charge in [0.25, 0.3) is 0 Å². The Morgan fingerprint density at radius 3 is 2.27 bits per heavy atom. The van der Waals surface area contributed by atoms with Gasteiger partial charge >= 0.3 is 5.97 Å². The minimum atomic E-state index is -1.39. The summed E-state index contributed by atoms with van der Waals surface area (Å²) in [6, 6.07) is 2.08. The lowest BCUT2D eigenvalue weighted by Crippen LogP contribution is -2.63. The maximum Gasteiger partial charge on any atom is 0.312 e. The van der Waals surface area contributed by atoms with Crippen LogP contribution in [-0.2, 0) is 23.9 Å². The van der Waals surface area contributed by atoms with Crippen molar-refractivity contribution in [1.29, 1.82) is 5.26 Å². The van der Waals surface area contributed by atoms with E-state index >= 15 is 0 Å². The molecule has 1 amide bonds. The van der Waals surface area contributed by atoms with Crippen LogP contribution in [0.2, 0.25) is 0 Å². The molecule has 0 N–H and O–H groups in total. The zero-order valence-corrected chi connectivity index (χ0v) is 25.3. The Balaban J connectivity index is 1.67. The molecule has 0 aliphatic heterocycles. The molecule has 7 heteroatoms. The number of hydrogen-bond acceptors (Lipinski definition) is 6. The number of carbonyl (C=O) groups excluding carboxylic acids is 4. The van der Waals surface area contributed by atoms with E-state index < -0.39 is 22.0 Å². The quantitative estimate of drug-likeness (QED) is 0.353. The van der Waals surface area contributed by atoms with Gasteiger partial charge in [-0.1, -0.05) is 39.3 Å². The molecule has 0 aromatic rings. The summed E-state index contributed by atoms with van der Waals surface area (Å²) < 4.78 is 5.38. The summed E-state index contributed by atoms with van der Waals surface area (Å²) in [7, 11) is 4.75. The van der Waals surface area contributed by atoms with Crippen molar-refractivity contribution < 1.29 is 23.9 Å². The molecule has 0 spiro atoms. The van der Waals surface area contributed by atoms with Crippen molar-refractivity contribution in [2.24, 2.45) is 50.7 Å². The van der Waals surface area contributed by atoms with Gasteiger partial charge in [-0.2, -0.15) is 5.26 Å². The third-order valence-electron chi connectivity index (χ3n) is 12.2. The van der Waals surface area contributed by atoms with Gasteiger partial charge in [-0.15, -0.1) is 0 Å². The van der Waals surface area contributed by atoms with Gasteiger partial charge in [-0.3, -0.25) is 19.2 Å². The number of rotatable bonds is 2. The standard InChI is InChI=1S/C33H44N2O5/c1-29(2)13-14-33(28(39)40-8)12-9-20-25(21(33)17-29)22(36)15-24-30(20,3)11-10-23-31(24,4)16-19(18-34)26(37)32(23,5)27(38)35(6)7/h15-16,20-21,23,25H,9-14,17H2,1-8H3/t20?,21?,23?,25?,30-,31-,32-,33+/m0/s1. The molecule has 4 unspecified atom stereocenters. The first kappa shape index (κ1) is 28.8. The molecule has 8 atom stereocenters. The number of nitrogens with zero attached hydrogens (tertiary/aromatic N) is 2. The highest BCUT2D eigenvalue weighted by atomic mass is 16.5. The Morgan fingerprint density at radius 2 is 1.68 bits per heavy atom. The fraction of sp³-hybridized carbons (Fsp3) is 0.727. The molecule has 216 valence electrons. The second-order valence-corrected chi connectivity index (χ2v) is 14.9. The van der Waals surface area contributed by atoms with Crippen LogP contribution in [0.4, 0.5) is 0 Å². The number of amides is 1. The van der Waals surface area contributed by atoms with E-state index in [9.17, 15) is 24.4 Å². The lowest BCUT2D eigenvalue weighted by Gasteiger charge is -2.64. The smallest absolute Gasteiger partial charge is 0.312 e. The highest BCUT2D eigenvalue weighted by Gasteiger charge is 2.68. The highest BCUT2D eigenvalue weighted by molar-refractivity contribution is 6.16. The summed E-state index contributed by atoms with van der Waals surface area (Å²) in [6.45, 7) is 10.4. The normalized spacial score (nSPS) is 43.5. The van der Waals surface area contributed by atoms with Crippen molar-refractivity contribution in [3.05, 3.63) is 23.3 Å². The molecular weight excluding hydrogens is 504 g/mol. The lowest BCUT2D eigenvalue weighted by atomic mass is 9.38. The number of allylic oxidation sites excluding steroid dienone is 4. The Bertz CT molecular complexity index is 1300. The number of methoxy groups -OCH3 is 1. The molecule has 40 heavy (non-hydrogen) atoms. The van der Waals surface area contributed by atoms with E-state index in [1.807, 2.05) is 6.92 Å². The number of ether oxygens (including phenoxy) is 1. The van der Waals surface area contributed by atoms with Gasteiger partial charge in [0, 0.05) is 25.4 Å². The van der Waals surface area contributed by atoms with E-state index in [0.717, 1.165) is 37.7 Å². The Labute approximate surface area is 238 Å². The van der Waals surface area contributed by atoms with Crippen LogP contribution in [0.5, 0.6) is 0 Å². The molecule has 7 nitrogen and oxygen atoms in total. The van der Waals surface area contributed by atoms with Crippen LogP contribution in [0.1, 0.15) is 79.6 Å². The average Bonchev–Trinajstić information content (AvgIpc) is 2.90. The first-order chi connectivity index (χ1) is 18.5. The molecule has 0 aromatic heterocycles. The monoisotopic (exact) mass is 548 g/mol. The molecule has 0 saturated heterocycles. The average molecular weight is 549 g/mol. The minimum Gasteiger partial charge on any atom is -0.469 e. The molecule has 3 fully saturated rings. The number of fused-ring (bicyclic) bond motifs is 7. The SMILES string of the molecule is COC(=O)[C@@]12CCC3C(C(=O)C=C4[C@@]5(C)C=C(C#N)C(=O)[C@@](C)(C(=O)N(C)C)C5CC[C@]43C)C1CC(C)(C)CC2. The fourth-order valence-corrected chi connectivity index (χ4v) is 10.3. The predicted octanol–water partition coefficient (Wildman–Crippen LogP) is 5.06. The largest absolute Gasteiger partial charge is 0.469 e. The van der Waals surface area contributed by atoms with Crippen molar-refractivity contribution in [3.8, 4) is 6.07 Å². The fourth-order valence-electron chi connectivity index (χ4n) is 10.3. The van der Waals surface area contributed by atoms with Crippen molar-refractivity contribution in [1.82, 2.24) is 4.90 Å². The van der Waals surface area contributed by atoms with Crippen LogP contribution < -0.4 is 0 Å². The third kappa shape index (κ3) is 3.53. The van der Waals surface area contributed by atoms with Gasteiger partial charge in [-0.05, 0) is 86.5 Å². The van der Waals surface area contributed by atoms with Gasteiger partial charge in [0.15, 0.2) is 11.6 Å². The summed E-state index contributed by atoms with van der Waals surface area (Å²) in [4.78, 5) is 56.4. The first-order valence-electron chi connectivity index (χ1n) is 14.8. The Kier molecular flexibility index (Phi) is 6.38. The van der Waals surface area contributed by atoms with Crippen LogP contribution in [0.15, 0.2) is 23.3 Å². The maximum absolute atomic E-state index is 14.3. The minimum absolute atomic E-state index is 0.00134. The van der Waals surface area contributed by atoms with E-state index in [4.69, 9.17) is 4.74 Å². The zero-order chi connectivity index (χ0) is 29.6. The number of ketones is 2. The van der Waals surface area contributed by atoms with Crippen LogP contribution >= 0.6 is 0 Å². The second kappa shape index (κ2) is 8.87. The van der Waals surface area contributed by atoms with E-state index in [1.165, 1.54) is 12.0 Å². The molecule has 5 aliphatic carbocycles. The van der Waals surface area contributed by atoms with Gasteiger partial charge in [0.2, 0.25) is 5.91 Å². The summed E-state index contributed by atoms with van der Waals surface area (Å²) in [5, 5.41) is 10.0. The van der Waals surface area contributed by atoms with Crippen molar-refractivity contribution in [3.63, 3.8) is 0 Å². The number of Topliss-reactive ketones (excluding diaryl/α,β-unsaturated/α-hetero) is 1. The lowest BCUT2D eigenvalue weighted by molar-refractivity contribution is -0.178. The molecular formula is C33H44N2O5. The summed E-state index contributed by atoms with van der Waals surface area (Å²) in [5.41, 5.74) is -2.20. The second-order valence-electron chi connectivity index (χ2n) is 14.9. The number of nitriles is 1. The van der Waals surface area contributed by atoms with Crippen LogP contribution in [0.25, 0.3) is 0 Å². The van der Waals surface area contributed by atoms with Gasteiger partial charge < -0.3 is 9.64 Å². The molecule has 0 aromatic carbocycles. The molecule has 3 saturated carbocycles. The predicted molar refractivity (Wildman–Crippen MR) is 149 cm³/mol. The van der Waals surface area contributed by atoms with Crippen molar-refractivity contribution in [2.75, 3.05) is 21.2 Å². The number of carbonyl (C=O) groups is 4. The molecule has 0 bridgehead atoms. The maximum atomic E-state index is 14.3.